The Bertz CT molecular complexity index is 1070. The van der Waals surface area contributed by atoms with Gasteiger partial charge in [-0.05, 0) is 24.3 Å². The molecule has 0 saturated carbocycles. The first-order valence-corrected chi connectivity index (χ1v) is 7.38. The summed E-state index contributed by atoms with van der Waals surface area (Å²) in [5, 5.41) is 10.1. The van der Waals surface area contributed by atoms with Crippen molar-refractivity contribution in [1.29, 1.82) is 0 Å². The number of hydrogen-bond donors (Lipinski definition) is 1. The topological polar surface area (TPSA) is 132 Å². The van der Waals surface area contributed by atoms with E-state index in [1.165, 1.54) is 37.4 Å². The van der Waals surface area contributed by atoms with Crippen LogP contribution in [0.1, 0.15) is 10.4 Å². The van der Waals surface area contributed by atoms with Gasteiger partial charge < -0.3 is 20.8 Å². The maximum absolute atomic E-state index is 12.9. The number of fused-ring (bicyclic) bond motifs is 1. The first kappa shape index (κ1) is 27.2. The number of aromatic nitrogens is 1. The molecule has 0 aliphatic heterocycles. The van der Waals surface area contributed by atoms with Gasteiger partial charge in [0.2, 0.25) is 0 Å². The third-order valence-electron chi connectivity index (χ3n) is 3.85. The molecule has 5 N–H and O–H groups in total. The summed E-state index contributed by atoms with van der Waals surface area (Å²) in [6, 6.07) is 11.9. The normalized spacial score (nSPS) is 10.3. The Balaban J connectivity index is 0.00000261. The monoisotopic (exact) mass is 552 g/mol. The Labute approximate surface area is 202 Å². The van der Waals surface area contributed by atoms with Crippen molar-refractivity contribution in [2.45, 2.75) is 6.18 Å². The summed E-state index contributed by atoms with van der Waals surface area (Å²) >= 11 is 0. The van der Waals surface area contributed by atoms with Gasteiger partial charge >= 0.3 is 6.18 Å². The van der Waals surface area contributed by atoms with E-state index < -0.39 is 28.8 Å². The second-order valence-electron chi connectivity index (χ2n) is 5.41. The molecule has 0 unspecified atom stereocenters. The molecule has 1 aromatic heterocycles. The van der Waals surface area contributed by atoms with Crippen molar-refractivity contribution in [2.75, 3.05) is 7.11 Å². The van der Waals surface area contributed by atoms with Crippen LogP contribution in [0.2, 0.25) is 0 Å². The number of aromatic hydroxyl groups is 1. The van der Waals surface area contributed by atoms with E-state index in [2.05, 4.69) is 0 Å². The number of pyridine rings is 1. The Morgan fingerprint density at radius 1 is 1.07 bits per heavy atom. The fraction of sp³-hybridized carbons (Fsp3) is 0.111. The van der Waals surface area contributed by atoms with E-state index in [9.17, 15) is 27.9 Å². The summed E-state index contributed by atoms with van der Waals surface area (Å²) in [5.74, 6) is -3.08. The minimum Gasteiger partial charge on any atom is -0.506 e. The van der Waals surface area contributed by atoms with E-state index in [1.807, 2.05) is 0 Å². The minimum absolute atomic E-state index is 0. The van der Waals surface area contributed by atoms with E-state index in [1.54, 1.807) is 18.2 Å². The first-order valence-electron chi connectivity index (χ1n) is 7.38. The summed E-state index contributed by atoms with van der Waals surface area (Å²) in [7, 11) is 1.38. The number of carbonyl (C=O) groups excluding carboxylic acids is 1. The molecule has 0 bridgehead atoms. The Hall–Kier alpha value is -1.79. The Morgan fingerprint density at radius 2 is 1.66 bits per heavy atom. The van der Waals surface area contributed by atoms with Gasteiger partial charge in [0, 0.05) is 66.5 Å². The van der Waals surface area contributed by atoms with E-state index in [4.69, 9.17) is 4.74 Å². The third-order valence-corrected chi connectivity index (χ3v) is 3.85. The maximum Gasteiger partial charge on any atom is 0.455 e. The summed E-state index contributed by atoms with van der Waals surface area (Å²) in [4.78, 5) is 24.5. The number of ether oxygens (including phenoxy) is 1. The standard InChI is InChI=1S/C18H12F3NO4.Eu.2H2O/c1-26-11-7-8-12-13(9-11)22(10-5-3-2-4-6-10)17(25)14(15(12)23)16(24)18(19,20)21;;;/h2-9,23H,1H3;;2*1H2. The molecule has 11 heteroatoms. The van der Waals surface area contributed by atoms with Gasteiger partial charge in [-0.1, -0.05) is 18.2 Å². The van der Waals surface area contributed by atoms with Crippen LogP contribution in [-0.2, 0) is 0 Å². The SMILES string of the molecule is COc1ccc2c(O)c(C(=O)C(F)(F)F)c(=O)n(-c3ccccc3)c2c1.O.O.[Eu]. The smallest absolute Gasteiger partial charge is 0.455 e. The molecule has 0 fully saturated rings. The van der Waals surface area contributed by atoms with Crippen molar-refractivity contribution < 1.29 is 88.1 Å². The average Bonchev–Trinajstić information content (AvgIpc) is 2.61. The minimum atomic E-state index is -5.30. The van der Waals surface area contributed by atoms with Crippen LogP contribution in [0.3, 0.4) is 0 Å². The van der Waals surface area contributed by atoms with E-state index in [-0.39, 0.29) is 76.9 Å². The molecule has 0 aliphatic carbocycles. The zero-order valence-corrected chi connectivity index (χ0v) is 17.2. The quantitative estimate of drug-likeness (QED) is 0.498. The van der Waals surface area contributed by atoms with Crippen molar-refractivity contribution in [3.63, 3.8) is 0 Å². The van der Waals surface area contributed by atoms with Gasteiger partial charge in [-0.3, -0.25) is 14.2 Å². The molecule has 0 amide bonds. The molecule has 29 heavy (non-hydrogen) atoms. The van der Waals surface area contributed by atoms with E-state index in [0.29, 0.717) is 5.75 Å². The Kier molecular flexibility index (Phi) is 9.67. The van der Waals surface area contributed by atoms with Crippen LogP contribution in [-0.4, -0.2) is 39.7 Å². The maximum atomic E-state index is 12.9. The summed E-state index contributed by atoms with van der Waals surface area (Å²) < 4.78 is 44.8. The molecule has 7 nitrogen and oxygen atoms in total. The fourth-order valence-electron chi connectivity index (χ4n) is 2.66. The van der Waals surface area contributed by atoms with Crippen molar-refractivity contribution >= 4 is 16.7 Å². The number of carbonyl (C=O) groups is 1. The number of benzene rings is 2. The second-order valence-corrected chi connectivity index (χ2v) is 5.41. The summed E-state index contributed by atoms with van der Waals surface area (Å²) in [6.07, 6.45) is -5.30. The van der Waals surface area contributed by atoms with Crippen LogP contribution in [0.5, 0.6) is 11.5 Å². The molecule has 1 heterocycles. The van der Waals surface area contributed by atoms with Crippen molar-refractivity contribution in [3.05, 3.63) is 64.4 Å². The average molecular weight is 551 g/mol. The molecule has 0 atom stereocenters. The molecule has 2 aromatic carbocycles. The van der Waals surface area contributed by atoms with Gasteiger partial charge in [0.25, 0.3) is 11.3 Å². The number of hydrogen-bond acceptors (Lipinski definition) is 4. The van der Waals surface area contributed by atoms with Crippen molar-refractivity contribution in [3.8, 4) is 17.2 Å². The number of ketones is 1. The van der Waals surface area contributed by atoms with Crippen LogP contribution < -0.4 is 10.3 Å². The largest absolute Gasteiger partial charge is 0.506 e. The van der Waals surface area contributed by atoms with Gasteiger partial charge in [0.15, 0.2) is 0 Å². The van der Waals surface area contributed by atoms with E-state index in [0.717, 1.165) is 4.57 Å². The summed E-state index contributed by atoms with van der Waals surface area (Å²) in [6.45, 7) is 0. The third kappa shape index (κ3) is 5.04. The number of para-hydroxylation sites is 1. The number of halogens is 3. The first-order chi connectivity index (χ1) is 12.3. The van der Waals surface area contributed by atoms with Crippen LogP contribution >= 0.6 is 0 Å². The second kappa shape index (κ2) is 10.3. The molecule has 0 aliphatic rings. The zero-order chi connectivity index (χ0) is 19.1. The fourth-order valence-corrected chi connectivity index (χ4v) is 2.66. The predicted octanol–water partition coefficient (Wildman–Crippen LogP) is 1.80. The van der Waals surface area contributed by atoms with Crippen LogP contribution in [0.25, 0.3) is 16.6 Å². The number of nitrogens with zero attached hydrogens (tertiary/aromatic N) is 1. The van der Waals surface area contributed by atoms with E-state index >= 15 is 0 Å². The van der Waals surface area contributed by atoms with Gasteiger partial charge in [-0.25, -0.2) is 0 Å². The zero-order valence-electron chi connectivity index (χ0n) is 14.7. The number of methoxy groups -OCH3 is 1. The van der Waals surface area contributed by atoms with Gasteiger partial charge in [-0.15, -0.1) is 0 Å². The Morgan fingerprint density at radius 3 is 2.17 bits per heavy atom. The molecule has 3 rings (SSSR count). The molecular weight excluding hydrogens is 535 g/mol. The van der Waals surface area contributed by atoms with Crippen LogP contribution in [0, 0.1) is 49.4 Å². The molecule has 157 valence electrons. The number of alkyl halides is 3. The predicted molar refractivity (Wildman–Crippen MR) is 95.4 cm³/mol. The number of rotatable bonds is 3. The van der Waals surface area contributed by atoms with Crippen molar-refractivity contribution in [1.82, 2.24) is 4.57 Å². The number of Topliss-reactive ketones (excluding diaryl/α,β-unsaturated/α-hetero) is 1. The van der Waals surface area contributed by atoms with Crippen LogP contribution in [0.15, 0.2) is 53.3 Å². The van der Waals surface area contributed by atoms with Crippen LogP contribution in [0.4, 0.5) is 13.2 Å². The molecule has 0 saturated heterocycles. The molecule has 1 radical (unpaired) electrons. The van der Waals surface area contributed by atoms with Crippen molar-refractivity contribution in [2.24, 2.45) is 0 Å². The molecule has 0 spiro atoms. The van der Waals surface area contributed by atoms with Gasteiger partial charge in [-0.2, -0.15) is 13.2 Å². The van der Waals surface area contributed by atoms with Gasteiger partial charge in [0.05, 0.1) is 12.6 Å². The van der Waals surface area contributed by atoms with Gasteiger partial charge in [0.1, 0.15) is 17.1 Å². The summed E-state index contributed by atoms with van der Waals surface area (Å²) in [5.41, 5.74) is -2.24. The molecular formula is C18H16EuF3NO6. The molecule has 3 aromatic rings.